The van der Waals surface area contributed by atoms with Crippen LogP contribution in [0.2, 0.25) is 0 Å². The van der Waals surface area contributed by atoms with Crippen molar-refractivity contribution in [3.05, 3.63) is 58.5 Å². The van der Waals surface area contributed by atoms with Crippen LogP contribution in [-0.2, 0) is 6.54 Å². The van der Waals surface area contributed by atoms with Gasteiger partial charge in [-0.25, -0.2) is 4.79 Å². The number of rotatable bonds is 6. The summed E-state index contributed by atoms with van der Waals surface area (Å²) in [6.07, 6.45) is 1.66. The van der Waals surface area contributed by atoms with Crippen molar-refractivity contribution in [2.45, 2.75) is 6.54 Å². The summed E-state index contributed by atoms with van der Waals surface area (Å²) in [6, 6.07) is 9.26. The summed E-state index contributed by atoms with van der Waals surface area (Å²) >= 11 is 0. The van der Waals surface area contributed by atoms with E-state index in [-0.39, 0.29) is 17.7 Å². The van der Waals surface area contributed by atoms with E-state index >= 15 is 0 Å². The van der Waals surface area contributed by atoms with Crippen molar-refractivity contribution >= 4 is 5.97 Å². The highest BCUT2D eigenvalue weighted by Crippen LogP contribution is 2.28. The van der Waals surface area contributed by atoms with Crippen LogP contribution in [0.5, 0.6) is 11.5 Å². The Labute approximate surface area is 121 Å². The van der Waals surface area contributed by atoms with E-state index in [0.717, 1.165) is 0 Å². The number of methoxy groups -OCH3 is 1. The van der Waals surface area contributed by atoms with E-state index < -0.39 is 5.97 Å². The molecule has 21 heavy (non-hydrogen) atoms. The van der Waals surface area contributed by atoms with Gasteiger partial charge in [-0.1, -0.05) is 6.07 Å². The first-order valence-corrected chi connectivity index (χ1v) is 6.31. The topological polar surface area (TPSA) is 77.8 Å². The highest BCUT2D eigenvalue weighted by molar-refractivity contribution is 5.88. The van der Waals surface area contributed by atoms with E-state index in [0.29, 0.717) is 18.0 Å². The van der Waals surface area contributed by atoms with E-state index in [4.69, 9.17) is 14.6 Å². The van der Waals surface area contributed by atoms with Crippen LogP contribution in [0.3, 0.4) is 0 Å². The molecule has 0 saturated carbocycles. The van der Waals surface area contributed by atoms with Crippen molar-refractivity contribution in [2.75, 3.05) is 13.7 Å². The van der Waals surface area contributed by atoms with Gasteiger partial charge in [-0.15, -0.1) is 0 Å². The highest BCUT2D eigenvalue weighted by Gasteiger charge is 2.10. The number of benzene rings is 1. The van der Waals surface area contributed by atoms with Crippen molar-refractivity contribution in [1.82, 2.24) is 4.57 Å². The maximum absolute atomic E-state index is 11.5. The Morgan fingerprint density at radius 1 is 1.24 bits per heavy atom. The van der Waals surface area contributed by atoms with Crippen LogP contribution >= 0.6 is 0 Å². The molecule has 0 aliphatic carbocycles. The second-order valence-electron chi connectivity index (χ2n) is 4.25. The van der Waals surface area contributed by atoms with E-state index in [9.17, 15) is 9.59 Å². The average molecular weight is 289 g/mol. The van der Waals surface area contributed by atoms with Crippen molar-refractivity contribution < 1.29 is 19.4 Å². The molecule has 1 N–H and O–H groups in total. The predicted molar refractivity (Wildman–Crippen MR) is 76.2 cm³/mol. The van der Waals surface area contributed by atoms with Crippen LogP contribution in [0.15, 0.2) is 47.4 Å². The van der Waals surface area contributed by atoms with Crippen molar-refractivity contribution in [1.29, 1.82) is 0 Å². The molecule has 0 spiro atoms. The van der Waals surface area contributed by atoms with Gasteiger partial charge in [-0.3, -0.25) is 4.79 Å². The van der Waals surface area contributed by atoms with Crippen LogP contribution in [0.4, 0.5) is 0 Å². The number of carbonyl (C=O) groups is 1. The summed E-state index contributed by atoms with van der Waals surface area (Å²) in [5.41, 5.74) is -0.00460. The fourth-order valence-electron chi connectivity index (χ4n) is 1.82. The number of carboxylic acids is 1. The van der Waals surface area contributed by atoms with Crippen molar-refractivity contribution in [3.63, 3.8) is 0 Å². The number of aromatic carboxylic acids is 1. The lowest BCUT2D eigenvalue weighted by atomic mass is 10.2. The molecule has 0 bridgehead atoms. The monoisotopic (exact) mass is 289 g/mol. The van der Waals surface area contributed by atoms with Crippen LogP contribution in [-0.4, -0.2) is 29.4 Å². The van der Waals surface area contributed by atoms with E-state index in [2.05, 4.69) is 0 Å². The molecule has 110 valence electrons. The zero-order chi connectivity index (χ0) is 15.2. The Morgan fingerprint density at radius 3 is 2.71 bits per heavy atom. The van der Waals surface area contributed by atoms with Gasteiger partial charge in [0.15, 0.2) is 11.5 Å². The van der Waals surface area contributed by atoms with E-state index in [1.807, 2.05) is 0 Å². The molecule has 0 saturated heterocycles. The standard InChI is InChI=1S/C15H15NO5/c1-20-12-6-5-11(15(18)19)10-13(12)21-9-8-16-7-3-2-4-14(16)17/h2-7,10H,8-9H2,1H3,(H,18,19). The Bertz CT molecular complexity index is 692. The summed E-state index contributed by atoms with van der Waals surface area (Å²) < 4.78 is 12.2. The van der Waals surface area contributed by atoms with Crippen LogP contribution in [0.25, 0.3) is 0 Å². The van der Waals surface area contributed by atoms with Gasteiger partial charge in [0.25, 0.3) is 5.56 Å². The fraction of sp³-hybridized carbons (Fsp3) is 0.200. The quantitative estimate of drug-likeness (QED) is 0.874. The maximum atomic E-state index is 11.5. The second kappa shape index (κ2) is 6.60. The minimum absolute atomic E-state index is 0.114. The Hall–Kier alpha value is -2.76. The molecule has 0 radical (unpaired) electrons. The zero-order valence-corrected chi connectivity index (χ0v) is 11.5. The number of hydrogen-bond acceptors (Lipinski definition) is 4. The van der Waals surface area contributed by atoms with E-state index in [1.165, 1.54) is 35.9 Å². The summed E-state index contributed by atoms with van der Waals surface area (Å²) in [5, 5.41) is 8.97. The average Bonchev–Trinajstić information content (AvgIpc) is 2.49. The Kier molecular flexibility index (Phi) is 4.61. The van der Waals surface area contributed by atoms with E-state index in [1.54, 1.807) is 18.3 Å². The molecular weight excluding hydrogens is 274 g/mol. The Balaban J connectivity index is 2.08. The van der Waals surface area contributed by atoms with Gasteiger partial charge in [0.05, 0.1) is 19.2 Å². The van der Waals surface area contributed by atoms with Gasteiger partial charge >= 0.3 is 5.97 Å². The number of carboxylic acid groups (broad SMARTS) is 1. The number of nitrogens with zero attached hydrogens (tertiary/aromatic N) is 1. The van der Waals surface area contributed by atoms with Crippen LogP contribution in [0, 0.1) is 0 Å². The van der Waals surface area contributed by atoms with Crippen LogP contribution in [0.1, 0.15) is 10.4 Å². The van der Waals surface area contributed by atoms with Crippen molar-refractivity contribution in [2.24, 2.45) is 0 Å². The number of ether oxygens (including phenoxy) is 2. The first-order chi connectivity index (χ1) is 10.1. The molecule has 0 atom stereocenters. The molecule has 0 aliphatic heterocycles. The molecule has 2 rings (SSSR count). The number of pyridine rings is 1. The lowest BCUT2D eigenvalue weighted by Crippen LogP contribution is -2.21. The summed E-state index contributed by atoms with van der Waals surface area (Å²) in [6.45, 7) is 0.587. The third-order valence-electron chi connectivity index (χ3n) is 2.90. The van der Waals surface area contributed by atoms with Crippen LogP contribution < -0.4 is 15.0 Å². The summed E-state index contributed by atoms with van der Waals surface area (Å²) in [5.74, 6) is -0.261. The predicted octanol–water partition coefficient (Wildman–Crippen LogP) is 1.63. The highest BCUT2D eigenvalue weighted by atomic mass is 16.5. The molecule has 0 aliphatic rings. The number of hydrogen-bond donors (Lipinski definition) is 1. The smallest absolute Gasteiger partial charge is 0.335 e. The van der Waals surface area contributed by atoms with Gasteiger partial charge in [0.2, 0.25) is 0 Å². The maximum Gasteiger partial charge on any atom is 0.335 e. The molecule has 6 heteroatoms. The second-order valence-corrected chi connectivity index (χ2v) is 4.25. The first-order valence-electron chi connectivity index (χ1n) is 6.31. The SMILES string of the molecule is COc1ccc(C(=O)O)cc1OCCn1ccccc1=O. The van der Waals surface area contributed by atoms with Crippen molar-refractivity contribution in [3.8, 4) is 11.5 Å². The molecule has 1 aromatic heterocycles. The molecule has 6 nitrogen and oxygen atoms in total. The molecule has 0 amide bonds. The zero-order valence-electron chi connectivity index (χ0n) is 11.5. The normalized spacial score (nSPS) is 10.1. The van der Waals surface area contributed by atoms with Gasteiger partial charge < -0.3 is 19.1 Å². The summed E-state index contributed by atoms with van der Waals surface area (Å²) in [4.78, 5) is 22.5. The molecule has 1 aromatic carbocycles. The lowest BCUT2D eigenvalue weighted by molar-refractivity contribution is 0.0696. The molecular formula is C15H15NO5. The molecule has 1 heterocycles. The molecule has 0 unspecified atom stereocenters. The van der Waals surface area contributed by atoms with Gasteiger partial charge in [0, 0.05) is 12.3 Å². The van der Waals surface area contributed by atoms with Gasteiger partial charge in [-0.2, -0.15) is 0 Å². The Morgan fingerprint density at radius 2 is 2.05 bits per heavy atom. The largest absolute Gasteiger partial charge is 0.493 e. The fourth-order valence-corrected chi connectivity index (χ4v) is 1.82. The third-order valence-corrected chi connectivity index (χ3v) is 2.90. The lowest BCUT2D eigenvalue weighted by Gasteiger charge is -2.12. The van der Waals surface area contributed by atoms with Gasteiger partial charge in [-0.05, 0) is 24.3 Å². The first kappa shape index (κ1) is 14.6. The molecule has 0 fully saturated rings. The minimum Gasteiger partial charge on any atom is -0.493 e. The van der Waals surface area contributed by atoms with Gasteiger partial charge in [0.1, 0.15) is 6.61 Å². The number of aromatic nitrogens is 1. The third kappa shape index (κ3) is 3.62. The minimum atomic E-state index is -1.04. The molecule has 2 aromatic rings. The summed E-state index contributed by atoms with van der Waals surface area (Å²) in [7, 11) is 1.48.